The van der Waals surface area contributed by atoms with Crippen LogP contribution in [-0.4, -0.2) is 29.8 Å². The minimum Gasteiger partial charge on any atom is -0.480 e. The summed E-state index contributed by atoms with van der Waals surface area (Å²) in [4.78, 5) is 30.0. The topological polar surface area (TPSA) is 59.5 Å². The number of rotatable bonds is 3. The van der Waals surface area contributed by atoms with Gasteiger partial charge in [-0.25, -0.2) is 4.98 Å². The fourth-order valence-electron chi connectivity index (χ4n) is 2.09. The summed E-state index contributed by atoms with van der Waals surface area (Å²) < 4.78 is 6.80. The maximum atomic E-state index is 12.4. The fraction of sp³-hybridized carbons (Fsp3) is 0.133. The Balaban J connectivity index is 1.88. The molecule has 2 aromatic rings. The number of carbonyl (C=O) groups is 2. The zero-order valence-electron chi connectivity index (χ0n) is 11.3. The highest BCUT2D eigenvalue weighted by Crippen LogP contribution is 2.31. The number of ether oxygens (including phenoxy) is 1. The summed E-state index contributed by atoms with van der Waals surface area (Å²) in [6, 6.07) is 10.5. The zero-order chi connectivity index (χ0) is 15.7. The molecule has 3 rings (SSSR count). The number of benzene rings is 1. The third-order valence-corrected chi connectivity index (χ3v) is 4.15. The van der Waals surface area contributed by atoms with E-state index in [0.717, 1.165) is 4.47 Å². The van der Waals surface area contributed by atoms with Crippen LogP contribution in [0.25, 0.3) is 0 Å². The molecule has 2 heterocycles. The molecule has 22 heavy (non-hydrogen) atoms. The Bertz CT molecular complexity index is 747. The number of pyridine rings is 1. The Labute approximate surface area is 143 Å². The van der Waals surface area contributed by atoms with Crippen molar-refractivity contribution in [1.82, 2.24) is 4.98 Å². The van der Waals surface area contributed by atoms with Crippen molar-refractivity contribution < 1.29 is 14.3 Å². The molecule has 0 aliphatic carbocycles. The lowest BCUT2D eigenvalue weighted by Gasteiger charge is -2.27. The first-order chi connectivity index (χ1) is 10.5. The average Bonchev–Trinajstić information content (AvgIpc) is 2.51. The van der Waals surface area contributed by atoms with Gasteiger partial charge >= 0.3 is 0 Å². The van der Waals surface area contributed by atoms with Crippen LogP contribution < -0.4 is 9.64 Å². The van der Waals surface area contributed by atoms with Crippen LogP contribution in [0.5, 0.6) is 5.75 Å². The lowest BCUT2D eigenvalue weighted by Crippen LogP contribution is -2.42. The second kappa shape index (κ2) is 6.18. The van der Waals surface area contributed by atoms with Crippen LogP contribution in [0.4, 0.5) is 5.82 Å². The van der Waals surface area contributed by atoms with Gasteiger partial charge in [0.2, 0.25) is 0 Å². The van der Waals surface area contributed by atoms with Gasteiger partial charge in [-0.1, -0.05) is 28.1 Å². The molecule has 0 atom stereocenters. The molecule has 1 aromatic heterocycles. The predicted molar refractivity (Wildman–Crippen MR) is 88.3 cm³/mol. The molecule has 0 spiro atoms. The molecule has 1 aliphatic rings. The van der Waals surface area contributed by atoms with Gasteiger partial charge in [0.05, 0.1) is 6.54 Å². The fourth-order valence-corrected chi connectivity index (χ4v) is 2.65. The van der Waals surface area contributed by atoms with Crippen molar-refractivity contribution in [2.45, 2.75) is 0 Å². The van der Waals surface area contributed by atoms with Crippen molar-refractivity contribution >= 4 is 49.4 Å². The quantitative estimate of drug-likeness (QED) is 0.559. The number of ketones is 1. The Morgan fingerprint density at radius 3 is 2.64 bits per heavy atom. The van der Waals surface area contributed by atoms with Gasteiger partial charge in [0, 0.05) is 10.0 Å². The number of nitrogens with zero attached hydrogens (tertiary/aromatic N) is 2. The number of amides is 1. The number of anilines is 1. The summed E-state index contributed by atoms with van der Waals surface area (Å²) in [7, 11) is 0. The molecule has 0 N–H and O–H groups in total. The first-order valence-electron chi connectivity index (χ1n) is 6.43. The van der Waals surface area contributed by atoms with E-state index in [2.05, 4.69) is 36.8 Å². The van der Waals surface area contributed by atoms with E-state index in [1.165, 1.54) is 4.90 Å². The second-order valence-corrected chi connectivity index (χ2v) is 6.38. The maximum Gasteiger partial charge on any atom is 0.266 e. The number of fused-ring (bicyclic) bond motifs is 1. The predicted octanol–water partition coefficient (Wildman–Crippen LogP) is 3.21. The molecule has 0 saturated heterocycles. The number of halogens is 2. The molecule has 5 nitrogen and oxygen atoms in total. The number of carbonyl (C=O) groups excluding carboxylic acids is 2. The molecular weight excluding hydrogens is 416 g/mol. The summed E-state index contributed by atoms with van der Waals surface area (Å²) >= 11 is 6.59. The number of hydrogen-bond acceptors (Lipinski definition) is 4. The first kappa shape index (κ1) is 15.2. The molecule has 0 bridgehead atoms. The SMILES string of the molecule is O=C(CN1C(=O)COc2ccc(Br)nc21)c1ccc(Br)cc1. The summed E-state index contributed by atoms with van der Waals surface area (Å²) in [5.74, 6) is 0.404. The van der Waals surface area contributed by atoms with Gasteiger partial charge in [0.1, 0.15) is 4.60 Å². The third-order valence-electron chi connectivity index (χ3n) is 3.18. The Kier molecular flexibility index (Phi) is 4.26. The van der Waals surface area contributed by atoms with Crippen LogP contribution in [0.15, 0.2) is 45.5 Å². The van der Waals surface area contributed by atoms with Crippen molar-refractivity contribution in [3.8, 4) is 5.75 Å². The highest BCUT2D eigenvalue weighted by molar-refractivity contribution is 9.10. The molecule has 7 heteroatoms. The van der Waals surface area contributed by atoms with E-state index < -0.39 is 0 Å². The number of Topliss-reactive ketones (excluding diaryl/α,β-unsaturated/α-hetero) is 1. The van der Waals surface area contributed by atoms with E-state index in [1.807, 2.05) is 0 Å². The van der Waals surface area contributed by atoms with E-state index in [4.69, 9.17) is 4.74 Å². The largest absolute Gasteiger partial charge is 0.480 e. The first-order valence-corrected chi connectivity index (χ1v) is 8.01. The zero-order valence-corrected chi connectivity index (χ0v) is 14.4. The van der Waals surface area contributed by atoms with E-state index in [1.54, 1.807) is 36.4 Å². The van der Waals surface area contributed by atoms with Crippen molar-refractivity contribution in [2.75, 3.05) is 18.1 Å². The number of aromatic nitrogens is 1. The Hall–Kier alpha value is -1.73. The van der Waals surface area contributed by atoms with Gasteiger partial charge < -0.3 is 4.74 Å². The van der Waals surface area contributed by atoms with Crippen LogP contribution in [-0.2, 0) is 4.79 Å². The third kappa shape index (κ3) is 3.05. The van der Waals surface area contributed by atoms with E-state index >= 15 is 0 Å². The van der Waals surface area contributed by atoms with Crippen LogP contribution in [0, 0.1) is 0 Å². The van der Waals surface area contributed by atoms with Gasteiger partial charge in [0.25, 0.3) is 5.91 Å². The number of hydrogen-bond donors (Lipinski definition) is 0. The Morgan fingerprint density at radius 1 is 1.18 bits per heavy atom. The lowest BCUT2D eigenvalue weighted by atomic mass is 10.1. The molecule has 0 saturated carbocycles. The van der Waals surface area contributed by atoms with Crippen molar-refractivity contribution in [2.24, 2.45) is 0 Å². The van der Waals surface area contributed by atoms with Gasteiger partial charge in [-0.15, -0.1) is 0 Å². The van der Waals surface area contributed by atoms with Crippen LogP contribution in [0.3, 0.4) is 0 Å². The summed E-state index contributed by atoms with van der Waals surface area (Å²) in [6.07, 6.45) is 0. The van der Waals surface area contributed by atoms with Gasteiger partial charge in [-0.05, 0) is 40.2 Å². The summed E-state index contributed by atoms with van der Waals surface area (Å²) in [5.41, 5.74) is 0.541. The highest BCUT2D eigenvalue weighted by atomic mass is 79.9. The van der Waals surface area contributed by atoms with Gasteiger partial charge in [-0.2, -0.15) is 0 Å². The van der Waals surface area contributed by atoms with Crippen LogP contribution in [0.1, 0.15) is 10.4 Å². The molecule has 1 aliphatic heterocycles. The Morgan fingerprint density at radius 2 is 1.91 bits per heavy atom. The van der Waals surface area contributed by atoms with E-state index in [-0.39, 0.29) is 24.8 Å². The maximum absolute atomic E-state index is 12.4. The van der Waals surface area contributed by atoms with E-state index in [9.17, 15) is 9.59 Å². The minimum atomic E-state index is -0.288. The monoisotopic (exact) mass is 424 g/mol. The van der Waals surface area contributed by atoms with Gasteiger partial charge in [-0.3, -0.25) is 14.5 Å². The van der Waals surface area contributed by atoms with Crippen molar-refractivity contribution in [3.05, 3.63) is 51.0 Å². The summed E-state index contributed by atoms with van der Waals surface area (Å²) in [6.45, 7) is -0.162. The molecule has 0 fully saturated rings. The molecule has 0 radical (unpaired) electrons. The molecule has 1 aromatic carbocycles. The minimum absolute atomic E-state index is 0.0692. The van der Waals surface area contributed by atoms with Crippen molar-refractivity contribution in [1.29, 1.82) is 0 Å². The normalized spacial score (nSPS) is 13.5. The molecule has 0 unspecified atom stereocenters. The smallest absolute Gasteiger partial charge is 0.266 e. The van der Waals surface area contributed by atoms with E-state index in [0.29, 0.717) is 21.7 Å². The van der Waals surface area contributed by atoms with Gasteiger partial charge in [0.15, 0.2) is 24.0 Å². The summed E-state index contributed by atoms with van der Waals surface area (Å²) in [5, 5.41) is 0. The molecule has 112 valence electrons. The molecule has 1 amide bonds. The standard InChI is InChI=1S/C15H10Br2N2O3/c16-10-3-1-9(2-4-10)11(20)7-19-14(21)8-22-12-5-6-13(17)18-15(12)19/h1-6H,7-8H2. The van der Waals surface area contributed by atoms with Crippen LogP contribution in [0.2, 0.25) is 0 Å². The van der Waals surface area contributed by atoms with Crippen molar-refractivity contribution in [3.63, 3.8) is 0 Å². The lowest BCUT2D eigenvalue weighted by molar-refractivity contribution is -0.121. The van der Waals surface area contributed by atoms with Crippen LogP contribution >= 0.6 is 31.9 Å². The molecular formula is C15H10Br2N2O3. The highest BCUT2D eigenvalue weighted by Gasteiger charge is 2.29. The second-order valence-electron chi connectivity index (χ2n) is 4.65. The average molecular weight is 426 g/mol.